The van der Waals surface area contributed by atoms with Gasteiger partial charge in [0.15, 0.2) is 0 Å². The van der Waals surface area contributed by atoms with Crippen LogP contribution < -0.4 is 15.4 Å². The van der Waals surface area contributed by atoms with Crippen LogP contribution in [0.5, 0.6) is 5.75 Å². The molecule has 0 aliphatic carbocycles. The van der Waals surface area contributed by atoms with Crippen LogP contribution in [0.3, 0.4) is 0 Å². The summed E-state index contributed by atoms with van der Waals surface area (Å²) in [6.07, 6.45) is -4.84. The molecule has 0 fully saturated rings. The summed E-state index contributed by atoms with van der Waals surface area (Å²) >= 11 is 1.40. The number of halogens is 3. The van der Waals surface area contributed by atoms with Gasteiger partial charge >= 0.3 is 6.36 Å². The number of hydrogen-bond donors (Lipinski definition) is 2. The quantitative estimate of drug-likeness (QED) is 0.765. The van der Waals surface area contributed by atoms with Crippen molar-refractivity contribution in [3.63, 3.8) is 0 Å². The molecule has 1 aromatic heterocycles. The maximum atomic E-state index is 12.4. The number of para-hydroxylation sites is 1. The second-order valence-electron chi connectivity index (χ2n) is 5.40. The Morgan fingerprint density at radius 1 is 1.19 bits per heavy atom. The highest BCUT2D eigenvalue weighted by Crippen LogP contribution is 2.26. The number of nitrogens with one attached hydrogen (secondary N) is 2. The minimum atomic E-state index is -4.81. The third kappa shape index (κ3) is 6.40. The highest BCUT2D eigenvalue weighted by molar-refractivity contribution is 7.10. The van der Waals surface area contributed by atoms with Crippen molar-refractivity contribution in [1.29, 1.82) is 0 Å². The Morgan fingerprint density at radius 3 is 2.54 bits per heavy atom. The third-order valence-electron chi connectivity index (χ3n) is 3.33. The second kappa shape index (κ2) is 8.70. The number of carbonyl (C=O) groups is 2. The Balaban J connectivity index is 1.99. The van der Waals surface area contributed by atoms with Crippen molar-refractivity contribution >= 4 is 23.2 Å². The van der Waals surface area contributed by atoms with Crippen LogP contribution in [0.15, 0.2) is 41.8 Å². The maximum absolute atomic E-state index is 12.4. The van der Waals surface area contributed by atoms with E-state index in [1.54, 1.807) is 18.2 Å². The first-order valence-electron chi connectivity index (χ1n) is 7.65. The minimum Gasteiger partial charge on any atom is -0.405 e. The van der Waals surface area contributed by atoms with Crippen molar-refractivity contribution in [2.75, 3.05) is 0 Å². The summed E-state index contributed by atoms with van der Waals surface area (Å²) in [5.41, 5.74) is 0.199. The summed E-state index contributed by atoms with van der Waals surface area (Å²) in [5, 5.41) is 7.08. The van der Waals surface area contributed by atoms with Crippen molar-refractivity contribution < 1.29 is 27.5 Å². The molecule has 0 aliphatic heterocycles. The Kier molecular flexibility index (Phi) is 6.62. The maximum Gasteiger partial charge on any atom is 0.573 e. The van der Waals surface area contributed by atoms with Gasteiger partial charge < -0.3 is 15.4 Å². The molecule has 2 N–H and O–H groups in total. The van der Waals surface area contributed by atoms with Crippen LogP contribution in [0.1, 0.15) is 29.8 Å². The molecule has 2 rings (SSSR count). The van der Waals surface area contributed by atoms with E-state index in [1.165, 1.54) is 36.5 Å². The van der Waals surface area contributed by atoms with Crippen LogP contribution >= 0.6 is 11.3 Å². The third-order valence-corrected chi connectivity index (χ3v) is 4.31. The Bertz CT molecular complexity index is 748. The standard InChI is InChI=1S/C17H17F3N2O3S/c1-11(23)22-13(15-7-4-8-26-15)9-16(24)21-10-12-5-2-3-6-14(12)25-17(18,19)20/h2-8,13H,9-10H2,1H3,(H,21,24)(H,22,23). The zero-order chi connectivity index (χ0) is 19.2. The van der Waals surface area contributed by atoms with Crippen LogP contribution in [-0.4, -0.2) is 18.2 Å². The Morgan fingerprint density at radius 2 is 1.92 bits per heavy atom. The fraction of sp³-hybridized carbons (Fsp3) is 0.294. The van der Waals surface area contributed by atoms with Gasteiger partial charge in [0.2, 0.25) is 11.8 Å². The van der Waals surface area contributed by atoms with E-state index >= 15 is 0 Å². The van der Waals surface area contributed by atoms with Crippen LogP contribution in [0.25, 0.3) is 0 Å². The molecular formula is C17H17F3N2O3S. The number of alkyl halides is 3. The summed E-state index contributed by atoms with van der Waals surface area (Å²) in [4.78, 5) is 24.3. The molecule has 140 valence electrons. The monoisotopic (exact) mass is 386 g/mol. The molecule has 1 atom stereocenters. The molecule has 9 heteroatoms. The van der Waals surface area contributed by atoms with E-state index < -0.39 is 18.3 Å². The molecular weight excluding hydrogens is 369 g/mol. The molecule has 2 aromatic rings. The average molecular weight is 386 g/mol. The summed E-state index contributed by atoms with van der Waals surface area (Å²) in [6.45, 7) is 1.23. The molecule has 0 radical (unpaired) electrons. The summed E-state index contributed by atoms with van der Waals surface area (Å²) in [6, 6.07) is 8.69. The molecule has 0 saturated carbocycles. The lowest BCUT2D eigenvalue weighted by Gasteiger charge is -2.17. The fourth-order valence-corrected chi connectivity index (χ4v) is 3.06. The van der Waals surface area contributed by atoms with Crippen LogP contribution in [-0.2, 0) is 16.1 Å². The van der Waals surface area contributed by atoms with Crippen molar-refractivity contribution in [1.82, 2.24) is 10.6 Å². The van der Waals surface area contributed by atoms with Gasteiger partial charge in [0.05, 0.1) is 12.5 Å². The molecule has 0 aliphatic rings. The zero-order valence-electron chi connectivity index (χ0n) is 13.8. The number of thiophene rings is 1. The predicted molar refractivity (Wildman–Crippen MR) is 90.5 cm³/mol. The predicted octanol–water partition coefficient (Wildman–Crippen LogP) is 3.53. The number of rotatable bonds is 7. The van der Waals surface area contributed by atoms with E-state index in [1.807, 2.05) is 5.38 Å². The van der Waals surface area contributed by atoms with Crippen LogP contribution in [0, 0.1) is 0 Å². The molecule has 2 amide bonds. The molecule has 1 aromatic carbocycles. The van der Waals surface area contributed by atoms with E-state index in [2.05, 4.69) is 15.4 Å². The molecule has 26 heavy (non-hydrogen) atoms. The summed E-state index contributed by atoms with van der Waals surface area (Å²) < 4.78 is 41.2. The van der Waals surface area contributed by atoms with Crippen LogP contribution in [0.4, 0.5) is 13.2 Å². The number of benzene rings is 1. The largest absolute Gasteiger partial charge is 0.573 e. The highest BCUT2D eigenvalue weighted by atomic mass is 32.1. The number of ether oxygens (including phenoxy) is 1. The van der Waals surface area contributed by atoms with Gasteiger partial charge in [-0.05, 0) is 17.5 Å². The topological polar surface area (TPSA) is 67.4 Å². The Labute approximate surface area is 152 Å². The number of hydrogen-bond acceptors (Lipinski definition) is 4. The minimum absolute atomic E-state index is 0.0254. The molecule has 0 bridgehead atoms. The van der Waals surface area contributed by atoms with Crippen molar-refractivity contribution in [2.24, 2.45) is 0 Å². The van der Waals surface area contributed by atoms with Gasteiger partial charge in [0, 0.05) is 23.9 Å². The molecule has 0 saturated heterocycles. The zero-order valence-corrected chi connectivity index (χ0v) is 14.6. The van der Waals surface area contributed by atoms with Gasteiger partial charge in [-0.3, -0.25) is 9.59 Å². The average Bonchev–Trinajstić information content (AvgIpc) is 3.06. The van der Waals surface area contributed by atoms with Gasteiger partial charge in [0.25, 0.3) is 0 Å². The first kappa shape index (κ1) is 19.8. The summed E-state index contributed by atoms with van der Waals surface area (Å²) in [7, 11) is 0. The van der Waals surface area contributed by atoms with Crippen molar-refractivity contribution in [3.05, 3.63) is 52.2 Å². The van der Waals surface area contributed by atoms with E-state index in [0.717, 1.165) is 4.88 Å². The number of amides is 2. The van der Waals surface area contributed by atoms with Gasteiger partial charge in [-0.1, -0.05) is 24.3 Å². The van der Waals surface area contributed by atoms with E-state index in [0.29, 0.717) is 0 Å². The first-order chi connectivity index (χ1) is 12.2. The van der Waals surface area contributed by atoms with Gasteiger partial charge in [-0.2, -0.15) is 0 Å². The van der Waals surface area contributed by atoms with E-state index in [-0.39, 0.29) is 30.2 Å². The first-order valence-corrected chi connectivity index (χ1v) is 8.53. The van der Waals surface area contributed by atoms with Gasteiger partial charge in [-0.15, -0.1) is 24.5 Å². The van der Waals surface area contributed by atoms with Crippen LogP contribution in [0.2, 0.25) is 0 Å². The smallest absolute Gasteiger partial charge is 0.405 e. The van der Waals surface area contributed by atoms with E-state index in [4.69, 9.17) is 0 Å². The lowest BCUT2D eigenvalue weighted by molar-refractivity contribution is -0.274. The van der Waals surface area contributed by atoms with Gasteiger partial charge in [0.1, 0.15) is 5.75 Å². The lowest BCUT2D eigenvalue weighted by Crippen LogP contribution is -2.32. The van der Waals surface area contributed by atoms with Gasteiger partial charge in [-0.25, -0.2) is 0 Å². The molecule has 0 spiro atoms. The van der Waals surface area contributed by atoms with Crippen molar-refractivity contribution in [2.45, 2.75) is 32.3 Å². The number of carbonyl (C=O) groups excluding carboxylic acids is 2. The highest BCUT2D eigenvalue weighted by Gasteiger charge is 2.32. The van der Waals surface area contributed by atoms with E-state index in [9.17, 15) is 22.8 Å². The molecule has 1 unspecified atom stereocenters. The molecule has 5 nitrogen and oxygen atoms in total. The fourth-order valence-electron chi connectivity index (χ4n) is 2.28. The lowest BCUT2D eigenvalue weighted by atomic mass is 10.1. The molecule has 1 heterocycles. The Hall–Kier alpha value is -2.55. The van der Waals surface area contributed by atoms with Crippen molar-refractivity contribution in [3.8, 4) is 5.75 Å². The summed E-state index contributed by atoms with van der Waals surface area (Å²) in [5.74, 6) is -1.05. The SMILES string of the molecule is CC(=O)NC(CC(=O)NCc1ccccc1OC(F)(F)F)c1cccs1. The normalized spacial score (nSPS) is 12.3. The second-order valence-corrected chi connectivity index (χ2v) is 6.38.